The molecule has 3 aromatic rings. The van der Waals surface area contributed by atoms with Gasteiger partial charge in [-0.2, -0.15) is 0 Å². The Kier molecular flexibility index (Phi) is 7.09. The fourth-order valence-electron chi connectivity index (χ4n) is 3.17. The standard InChI is InChI=1S/C23H28N4OS/c1-5-16(3)19-14-10-11-15-20(19)24-22(28)17(4)29-23-26-25-21(27(23)6-2)18-12-8-7-9-13-18/h7-17H,5-6H2,1-4H3,(H,24,28)/t16-,17-/m1/s1. The van der Waals surface area contributed by atoms with Gasteiger partial charge in [0, 0.05) is 17.8 Å². The Bertz CT molecular complexity index is 955. The Hall–Kier alpha value is -2.60. The van der Waals surface area contributed by atoms with Gasteiger partial charge in [0.25, 0.3) is 0 Å². The molecule has 152 valence electrons. The van der Waals surface area contributed by atoms with Gasteiger partial charge in [0.1, 0.15) is 0 Å². The third-order valence-corrected chi connectivity index (χ3v) is 6.16. The molecule has 1 N–H and O–H groups in total. The summed E-state index contributed by atoms with van der Waals surface area (Å²) in [6.45, 7) is 9.04. The first-order chi connectivity index (χ1) is 14.0. The first kappa shape index (κ1) is 21.1. The normalized spacial score (nSPS) is 13.1. The van der Waals surface area contributed by atoms with E-state index in [1.165, 1.54) is 17.3 Å². The lowest BCUT2D eigenvalue weighted by atomic mass is 9.97. The van der Waals surface area contributed by atoms with Crippen LogP contribution in [0.1, 0.15) is 45.6 Å². The first-order valence-electron chi connectivity index (χ1n) is 10.1. The number of rotatable bonds is 8. The number of nitrogens with zero attached hydrogens (tertiary/aromatic N) is 3. The number of para-hydroxylation sites is 1. The van der Waals surface area contributed by atoms with E-state index in [0.29, 0.717) is 5.92 Å². The van der Waals surface area contributed by atoms with E-state index in [1.54, 1.807) is 0 Å². The van der Waals surface area contributed by atoms with Crippen molar-refractivity contribution in [3.05, 3.63) is 60.2 Å². The second-order valence-corrected chi connectivity index (χ2v) is 8.37. The Morgan fingerprint density at radius 3 is 2.41 bits per heavy atom. The summed E-state index contributed by atoms with van der Waals surface area (Å²) in [4.78, 5) is 12.9. The van der Waals surface area contributed by atoms with Gasteiger partial charge < -0.3 is 9.88 Å². The predicted molar refractivity (Wildman–Crippen MR) is 120 cm³/mol. The molecule has 2 aromatic carbocycles. The van der Waals surface area contributed by atoms with Crippen molar-refractivity contribution < 1.29 is 4.79 Å². The molecular formula is C23H28N4OS. The van der Waals surface area contributed by atoms with Crippen LogP contribution in [-0.4, -0.2) is 25.9 Å². The maximum Gasteiger partial charge on any atom is 0.237 e. The minimum Gasteiger partial charge on any atom is -0.325 e. The molecule has 1 heterocycles. The van der Waals surface area contributed by atoms with Crippen molar-refractivity contribution in [1.82, 2.24) is 14.8 Å². The van der Waals surface area contributed by atoms with E-state index in [9.17, 15) is 4.79 Å². The zero-order chi connectivity index (χ0) is 20.8. The molecule has 5 nitrogen and oxygen atoms in total. The fraction of sp³-hybridized carbons (Fsp3) is 0.348. The van der Waals surface area contributed by atoms with Gasteiger partial charge in [-0.25, -0.2) is 0 Å². The van der Waals surface area contributed by atoms with Crippen molar-refractivity contribution in [3.63, 3.8) is 0 Å². The molecule has 0 bridgehead atoms. The lowest BCUT2D eigenvalue weighted by molar-refractivity contribution is -0.115. The summed E-state index contributed by atoms with van der Waals surface area (Å²) in [5, 5.41) is 12.3. The summed E-state index contributed by atoms with van der Waals surface area (Å²) in [5.41, 5.74) is 3.08. The molecule has 0 unspecified atom stereocenters. The molecule has 0 saturated heterocycles. The minimum absolute atomic E-state index is 0.0299. The van der Waals surface area contributed by atoms with Crippen molar-refractivity contribution in [2.75, 3.05) is 5.32 Å². The monoisotopic (exact) mass is 408 g/mol. The fourth-order valence-corrected chi connectivity index (χ4v) is 4.08. The smallest absolute Gasteiger partial charge is 0.237 e. The quantitative estimate of drug-likeness (QED) is 0.493. The molecule has 1 amide bonds. The van der Waals surface area contributed by atoms with E-state index in [1.807, 2.05) is 55.5 Å². The third kappa shape index (κ3) is 4.88. The molecule has 3 rings (SSSR count). The summed E-state index contributed by atoms with van der Waals surface area (Å²) >= 11 is 1.43. The van der Waals surface area contributed by atoms with Gasteiger partial charge in [-0.05, 0) is 37.8 Å². The van der Waals surface area contributed by atoms with Crippen molar-refractivity contribution in [1.29, 1.82) is 0 Å². The van der Waals surface area contributed by atoms with Gasteiger partial charge in [0.15, 0.2) is 11.0 Å². The highest BCUT2D eigenvalue weighted by Crippen LogP contribution is 2.29. The van der Waals surface area contributed by atoms with Crippen LogP contribution in [0, 0.1) is 0 Å². The topological polar surface area (TPSA) is 59.8 Å². The number of amides is 1. The Balaban J connectivity index is 1.75. The number of carbonyl (C=O) groups excluding carboxylic acids is 1. The van der Waals surface area contributed by atoms with Crippen LogP contribution in [0.3, 0.4) is 0 Å². The molecule has 29 heavy (non-hydrogen) atoms. The Morgan fingerprint density at radius 1 is 1.03 bits per heavy atom. The number of carbonyl (C=O) groups is 1. The first-order valence-corrected chi connectivity index (χ1v) is 11.0. The maximum atomic E-state index is 12.9. The van der Waals surface area contributed by atoms with Crippen molar-refractivity contribution in [2.24, 2.45) is 0 Å². The Labute approximate surface area is 176 Å². The molecule has 0 aliphatic carbocycles. The van der Waals surface area contributed by atoms with Gasteiger partial charge in [0.2, 0.25) is 5.91 Å². The van der Waals surface area contributed by atoms with Crippen LogP contribution in [0.15, 0.2) is 59.8 Å². The highest BCUT2D eigenvalue weighted by Gasteiger charge is 2.21. The van der Waals surface area contributed by atoms with E-state index in [2.05, 4.69) is 46.9 Å². The number of hydrogen-bond donors (Lipinski definition) is 1. The summed E-state index contributed by atoms with van der Waals surface area (Å²) in [6.07, 6.45) is 1.03. The van der Waals surface area contributed by atoms with Crippen LogP contribution in [0.25, 0.3) is 11.4 Å². The number of thioether (sulfide) groups is 1. The number of aromatic nitrogens is 3. The van der Waals surface area contributed by atoms with Gasteiger partial charge >= 0.3 is 0 Å². The third-order valence-electron chi connectivity index (χ3n) is 5.08. The number of hydrogen-bond acceptors (Lipinski definition) is 4. The summed E-state index contributed by atoms with van der Waals surface area (Å²) in [6, 6.07) is 18.0. The van der Waals surface area contributed by atoms with Gasteiger partial charge in [-0.3, -0.25) is 4.79 Å². The number of anilines is 1. The highest BCUT2D eigenvalue weighted by molar-refractivity contribution is 8.00. The molecule has 0 aliphatic rings. The molecule has 0 radical (unpaired) electrons. The van der Waals surface area contributed by atoms with Crippen LogP contribution in [-0.2, 0) is 11.3 Å². The summed E-state index contributed by atoms with van der Waals surface area (Å²) in [7, 11) is 0. The van der Waals surface area contributed by atoms with E-state index >= 15 is 0 Å². The highest BCUT2D eigenvalue weighted by atomic mass is 32.2. The van der Waals surface area contributed by atoms with Crippen LogP contribution in [0.5, 0.6) is 0 Å². The average molecular weight is 409 g/mol. The van der Waals surface area contributed by atoms with Crippen molar-refractivity contribution >= 4 is 23.4 Å². The Morgan fingerprint density at radius 2 is 1.72 bits per heavy atom. The van der Waals surface area contributed by atoms with Crippen LogP contribution < -0.4 is 5.32 Å². The lowest BCUT2D eigenvalue weighted by Gasteiger charge is -2.17. The minimum atomic E-state index is -0.293. The number of nitrogens with one attached hydrogen (secondary N) is 1. The second kappa shape index (κ2) is 9.74. The molecule has 1 aromatic heterocycles. The van der Waals surface area contributed by atoms with E-state index in [-0.39, 0.29) is 11.2 Å². The van der Waals surface area contributed by atoms with Crippen molar-refractivity contribution in [3.8, 4) is 11.4 Å². The molecule has 0 aliphatic heterocycles. The maximum absolute atomic E-state index is 12.9. The molecule has 2 atom stereocenters. The predicted octanol–water partition coefficient (Wildman–Crippen LogP) is 5.60. The van der Waals surface area contributed by atoms with Crippen LogP contribution in [0.2, 0.25) is 0 Å². The zero-order valence-electron chi connectivity index (χ0n) is 17.4. The zero-order valence-corrected chi connectivity index (χ0v) is 18.2. The van der Waals surface area contributed by atoms with Gasteiger partial charge in [0.05, 0.1) is 5.25 Å². The van der Waals surface area contributed by atoms with E-state index in [0.717, 1.165) is 35.2 Å². The second-order valence-electron chi connectivity index (χ2n) is 7.06. The molecule has 0 saturated carbocycles. The lowest BCUT2D eigenvalue weighted by Crippen LogP contribution is -2.23. The van der Waals surface area contributed by atoms with Crippen LogP contribution in [0.4, 0.5) is 5.69 Å². The molecule has 0 spiro atoms. The molecular weight excluding hydrogens is 380 g/mol. The largest absolute Gasteiger partial charge is 0.325 e. The van der Waals surface area contributed by atoms with Gasteiger partial charge in [-0.1, -0.05) is 74.1 Å². The van der Waals surface area contributed by atoms with E-state index in [4.69, 9.17) is 0 Å². The summed E-state index contributed by atoms with van der Waals surface area (Å²) < 4.78 is 2.05. The summed E-state index contributed by atoms with van der Waals surface area (Å²) in [5.74, 6) is 1.19. The van der Waals surface area contributed by atoms with Crippen molar-refractivity contribution in [2.45, 2.75) is 57.0 Å². The van der Waals surface area contributed by atoms with E-state index < -0.39 is 0 Å². The average Bonchev–Trinajstić information content (AvgIpc) is 3.16. The van der Waals surface area contributed by atoms with Gasteiger partial charge in [-0.15, -0.1) is 10.2 Å². The molecule has 0 fully saturated rings. The molecule has 6 heteroatoms. The SMILES string of the molecule is CC[C@@H](C)c1ccccc1NC(=O)[C@@H](C)Sc1nnc(-c2ccccc2)n1CC. The number of benzene rings is 2. The van der Waals surface area contributed by atoms with Crippen LogP contribution >= 0.6 is 11.8 Å².